The van der Waals surface area contributed by atoms with Gasteiger partial charge >= 0.3 is 21.1 Å². The van der Waals surface area contributed by atoms with E-state index in [-0.39, 0.29) is 21.1 Å². The SMILES string of the molecule is [Pt+2].[c-]1c(Oc2[c-]c3c(cc2)c2cc4c5ccccc5n(-c5ccccc5)c4cc2n2ccnc32)cccc1-c1ccccn1. The maximum absolute atomic E-state index is 6.29. The molecule has 0 atom stereocenters. The van der Waals surface area contributed by atoms with E-state index in [2.05, 4.69) is 98.9 Å². The summed E-state index contributed by atoms with van der Waals surface area (Å²) >= 11 is 0. The molecule has 0 saturated carbocycles. The van der Waals surface area contributed by atoms with E-state index in [0.717, 1.165) is 49.8 Å². The van der Waals surface area contributed by atoms with Crippen molar-refractivity contribution < 1.29 is 25.8 Å². The molecule has 0 N–H and O–H groups in total. The zero-order valence-corrected chi connectivity index (χ0v) is 25.5. The molecule has 4 aromatic heterocycles. The molecule has 9 aromatic rings. The molecule has 0 saturated heterocycles. The van der Waals surface area contributed by atoms with Crippen molar-refractivity contribution in [3.05, 3.63) is 146 Å². The van der Waals surface area contributed by atoms with Crippen LogP contribution in [-0.2, 0) is 21.1 Å². The van der Waals surface area contributed by atoms with Crippen LogP contribution in [0.15, 0.2) is 134 Å². The van der Waals surface area contributed by atoms with Gasteiger partial charge in [-0.05, 0) is 41.4 Å². The number of rotatable bonds is 4. The van der Waals surface area contributed by atoms with Gasteiger partial charge in [0.15, 0.2) is 0 Å². The van der Waals surface area contributed by atoms with Gasteiger partial charge in [0, 0.05) is 52.1 Å². The van der Waals surface area contributed by atoms with Crippen LogP contribution in [0.25, 0.3) is 66.1 Å². The summed E-state index contributed by atoms with van der Waals surface area (Å²) in [6, 6.07) is 46.4. The number of para-hydroxylation sites is 2. The first-order valence-electron chi connectivity index (χ1n) is 14.2. The standard InChI is InChI=1S/C38H22N4O.Pt/c1-2-10-26(11-3-1)42-35-15-5-4-13-30(35)32-23-31-29-17-16-28(22-33(29)38-40-19-20-41(38)36(31)24-37(32)42)43-27-12-8-9-25(21-27)34-14-6-7-18-39-34;/h1-20,23-24H;/q-2;+2. The molecule has 4 heterocycles. The number of pyridine rings is 2. The molecule has 0 amide bonds. The number of hydrogen-bond acceptors (Lipinski definition) is 3. The van der Waals surface area contributed by atoms with Crippen molar-refractivity contribution in [2.75, 3.05) is 0 Å². The minimum absolute atomic E-state index is 0. The van der Waals surface area contributed by atoms with Crippen LogP contribution in [0.3, 0.4) is 0 Å². The molecule has 0 bridgehead atoms. The summed E-state index contributed by atoms with van der Waals surface area (Å²) in [6.07, 6.45) is 5.64. The normalized spacial score (nSPS) is 11.5. The first-order chi connectivity index (χ1) is 21.3. The number of ether oxygens (including phenoxy) is 1. The van der Waals surface area contributed by atoms with Crippen LogP contribution in [0.1, 0.15) is 0 Å². The zero-order valence-electron chi connectivity index (χ0n) is 23.2. The van der Waals surface area contributed by atoms with Gasteiger partial charge in [0.1, 0.15) is 0 Å². The molecule has 0 aliphatic carbocycles. The molecule has 0 unspecified atom stereocenters. The van der Waals surface area contributed by atoms with Crippen molar-refractivity contribution in [3.8, 4) is 28.4 Å². The third-order valence-electron chi connectivity index (χ3n) is 8.07. The van der Waals surface area contributed by atoms with Crippen molar-refractivity contribution in [2.45, 2.75) is 0 Å². The van der Waals surface area contributed by atoms with Gasteiger partial charge in [0.2, 0.25) is 0 Å². The third-order valence-corrected chi connectivity index (χ3v) is 8.07. The molecule has 0 fully saturated rings. The van der Waals surface area contributed by atoms with Gasteiger partial charge in [0.05, 0.1) is 16.7 Å². The van der Waals surface area contributed by atoms with E-state index in [9.17, 15) is 0 Å². The summed E-state index contributed by atoms with van der Waals surface area (Å²) in [5.74, 6) is 1.21. The third kappa shape index (κ3) is 4.12. The van der Waals surface area contributed by atoms with Crippen LogP contribution in [-0.4, -0.2) is 18.9 Å². The first-order valence-corrected chi connectivity index (χ1v) is 14.2. The van der Waals surface area contributed by atoms with Crippen molar-refractivity contribution in [3.63, 3.8) is 0 Å². The second-order valence-corrected chi connectivity index (χ2v) is 10.6. The fraction of sp³-hybridized carbons (Fsp3) is 0. The van der Waals surface area contributed by atoms with E-state index in [0.29, 0.717) is 11.5 Å². The summed E-state index contributed by atoms with van der Waals surface area (Å²) in [4.78, 5) is 9.20. The molecular weight excluding hydrogens is 724 g/mol. The fourth-order valence-corrected chi connectivity index (χ4v) is 6.19. The van der Waals surface area contributed by atoms with Crippen molar-refractivity contribution in [1.82, 2.24) is 18.9 Å². The largest absolute Gasteiger partial charge is 2.00 e. The van der Waals surface area contributed by atoms with E-state index >= 15 is 0 Å². The molecular formula is C38H22N4OPt. The molecule has 9 rings (SSSR count). The quantitative estimate of drug-likeness (QED) is 0.133. The Balaban J connectivity index is 0.00000289. The molecule has 0 spiro atoms. The Morgan fingerprint density at radius 3 is 2.27 bits per heavy atom. The summed E-state index contributed by atoms with van der Waals surface area (Å²) in [6.45, 7) is 0. The number of fused-ring (bicyclic) bond motifs is 9. The Kier molecular flexibility index (Phi) is 6.28. The number of nitrogens with zero attached hydrogens (tertiary/aromatic N) is 4. The van der Waals surface area contributed by atoms with Gasteiger partial charge in [0.25, 0.3) is 0 Å². The van der Waals surface area contributed by atoms with Crippen molar-refractivity contribution >= 4 is 49.1 Å². The van der Waals surface area contributed by atoms with Gasteiger partial charge in [-0.1, -0.05) is 83.6 Å². The Bertz CT molecular complexity index is 2480. The van der Waals surface area contributed by atoms with Gasteiger partial charge in [-0.25, -0.2) is 0 Å². The Morgan fingerprint density at radius 1 is 0.568 bits per heavy atom. The Morgan fingerprint density at radius 2 is 1.39 bits per heavy atom. The predicted octanol–water partition coefficient (Wildman–Crippen LogP) is 9.19. The van der Waals surface area contributed by atoms with Crippen molar-refractivity contribution in [1.29, 1.82) is 0 Å². The first kappa shape index (κ1) is 26.4. The van der Waals surface area contributed by atoms with Gasteiger partial charge in [-0.15, -0.1) is 29.8 Å². The van der Waals surface area contributed by atoms with E-state index in [1.54, 1.807) is 6.20 Å². The monoisotopic (exact) mass is 745 g/mol. The molecule has 5 aromatic carbocycles. The average molecular weight is 746 g/mol. The van der Waals surface area contributed by atoms with E-state index in [1.165, 1.54) is 16.3 Å². The van der Waals surface area contributed by atoms with E-state index in [4.69, 9.17) is 9.72 Å². The molecule has 0 radical (unpaired) electrons. The van der Waals surface area contributed by atoms with E-state index in [1.807, 2.05) is 54.9 Å². The van der Waals surface area contributed by atoms with Crippen LogP contribution in [0.5, 0.6) is 11.5 Å². The molecule has 0 aliphatic rings. The predicted molar refractivity (Wildman–Crippen MR) is 172 cm³/mol. The molecule has 210 valence electrons. The van der Waals surface area contributed by atoms with Gasteiger partial charge < -0.3 is 18.7 Å². The fourth-order valence-electron chi connectivity index (χ4n) is 6.19. The maximum atomic E-state index is 6.29. The summed E-state index contributed by atoms with van der Waals surface area (Å²) in [5, 5.41) is 5.53. The maximum Gasteiger partial charge on any atom is 2.00 e. The van der Waals surface area contributed by atoms with Crippen LogP contribution in [0.2, 0.25) is 0 Å². The topological polar surface area (TPSA) is 44.4 Å². The molecule has 5 nitrogen and oxygen atoms in total. The zero-order chi connectivity index (χ0) is 28.3. The number of aromatic nitrogens is 4. The number of benzene rings is 5. The Hall–Kier alpha value is -5.25. The minimum atomic E-state index is 0. The van der Waals surface area contributed by atoms with Crippen LogP contribution in [0.4, 0.5) is 0 Å². The van der Waals surface area contributed by atoms with Gasteiger partial charge in [-0.2, -0.15) is 0 Å². The molecule has 44 heavy (non-hydrogen) atoms. The minimum Gasteiger partial charge on any atom is -0.497 e. The van der Waals surface area contributed by atoms with E-state index < -0.39 is 0 Å². The van der Waals surface area contributed by atoms with Crippen LogP contribution >= 0.6 is 0 Å². The molecule has 6 heteroatoms. The van der Waals surface area contributed by atoms with Gasteiger partial charge in [-0.3, -0.25) is 4.98 Å². The van der Waals surface area contributed by atoms with Crippen molar-refractivity contribution in [2.24, 2.45) is 0 Å². The smallest absolute Gasteiger partial charge is 0.497 e. The molecule has 0 aliphatic heterocycles. The summed E-state index contributed by atoms with van der Waals surface area (Å²) < 4.78 is 10.8. The Labute approximate surface area is 267 Å². The summed E-state index contributed by atoms with van der Waals surface area (Å²) in [7, 11) is 0. The number of imidazole rings is 1. The van der Waals surface area contributed by atoms with Crippen LogP contribution in [0, 0.1) is 12.1 Å². The number of hydrogen-bond donors (Lipinski definition) is 0. The average Bonchev–Trinajstić information content (AvgIpc) is 3.69. The summed E-state index contributed by atoms with van der Waals surface area (Å²) in [5.41, 5.74) is 7.11. The second-order valence-electron chi connectivity index (χ2n) is 10.6. The van der Waals surface area contributed by atoms with Crippen LogP contribution < -0.4 is 4.74 Å². The second kappa shape index (κ2) is 10.5.